The van der Waals surface area contributed by atoms with E-state index in [-0.39, 0.29) is 12.4 Å². The molecule has 0 aromatic heterocycles. The number of halogens is 4. The van der Waals surface area contributed by atoms with E-state index in [2.05, 4.69) is 21.2 Å². The molecule has 0 spiro atoms. The molecule has 29 heavy (non-hydrogen) atoms. The lowest BCUT2D eigenvalue weighted by atomic mass is 10.2. The Morgan fingerprint density at radius 2 is 1.66 bits per heavy atom. The lowest BCUT2D eigenvalue weighted by Gasteiger charge is -2.12. The summed E-state index contributed by atoms with van der Waals surface area (Å²) in [5.41, 5.74) is 0.580. The van der Waals surface area contributed by atoms with Gasteiger partial charge in [0.15, 0.2) is 0 Å². The van der Waals surface area contributed by atoms with Gasteiger partial charge in [0.25, 0.3) is 0 Å². The van der Waals surface area contributed by atoms with Crippen LogP contribution in [-0.4, -0.2) is 6.09 Å². The van der Waals surface area contributed by atoms with Gasteiger partial charge in [-0.25, -0.2) is 4.79 Å². The molecule has 0 saturated heterocycles. The second-order valence-corrected chi connectivity index (χ2v) is 6.81. The second kappa shape index (κ2) is 9.00. The number of benzene rings is 3. The number of anilines is 1. The van der Waals surface area contributed by atoms with Gasteiger partial charge < -0.3 is 9.47 Å². The summed E-state index contributed by atoms with van der Waals surface area (Å²) < 4.78 is 49.1. The van der Waals surface area contributed by atoms with Crippen molar-refractivity contribution in [2.24, 2.45) is 0 Å². The van der Waals surface area contributed by atoms with Crippen molar-refractivity contribution in [1.82, 2.24) is 0 Å². The van der Waals surface area contributed by atoms with Gasteiger partial charge in [0, 0.05) is 5.69 Å². The number of hydrogen-bond donors (Lipinski definition) is 1. The van der Waals surface area contributed by atoms with Crippen LogP contribution in [0.25, 0.3) is 0 Å². The van der Waals surface area contributed by atoms with E-state index in [0.717, 1.165) is 17.7 Å². The Bertz CT molecular complexity index is 977. The van der Waals surface area contributed by atoms with Crippen molar-refractivity contribution in [3.63, 3.8) is 0 Å². The highest BCUT2D eigenvalue weighted by Gasteiger charge is 2.30. The van der Waals surface area contributed by atoms with Gasteiger partial charge >= 0.3 is 12.3 Å². The SMILES string of the molecule is O=C(Nc1ccc(Oc2ccc(C(F)(F)F)cc2)c(Br)c1)OCc1ccccc1. The second-order valence-electron chi connectivity index (χ2n) is 5.96. The summed E-state index contributed by atoms with van der Waals surface area (Å²) in [6.45, 7) is 0.142. The third kappa shape index (κ3) is 5.99. The van der Waals surface area contributed by atoms with Crippen LogP contribution in [0.1, 0.15) is 11.1 Å². The minimum atomic E-state index is -4.40. The minimum Gasteiger partial charge on any atom is -0.456 e. The predicted octanol–water partition coefficient (Wildman–Crippen LogP) is 7.01. The summed E-state index contributed by atoms with van der Waals surface area (Å²) in [4.78, 5) is 11.9. The van der Waals surface area contributed by atoms with Crippen molar-refractivity contribution >= 4 is 27.7 Å². The molecule has 0 saturated carbocycles. The van der Waals surface area contributed by atoms with Crippen molar-refractivity contribution in [1.29, 1.82) is 0 Å². The van der Waals surface area contributed by atoms with E-state index in [1.807, 2.05) is 30.3 Å². The lowest BCUT2D eigenvalue weighted by molar-refractivity contribution is -0.137. The van der Waals surface area contributed by atoms with Gasteiger partial charge in [-0.3, -0.25) is 5.32 Å². The molecule has 1 amide bonds. The smallest absolute Gasteiger partial charge is 0.416 e. The van der Waals surface area contributed by atoms with Gasteiger partial charge in [0.2, 0.25) is 0 Å². The molecule has 0 aliphatic rings. The van der Waals surface area contributed by atoms with E-state index in [0.29, 0.717) is 15.9 Å². The van der Waals surface area contributed by atoms with Gasteiger partial charge in [-0.15, -0.1) is 0 Å². The van der Waals surface area contributed by atoms with E-state index in [1.54, 1.807) is 18.2 Å². The highest BCUT2D eigenvalue weighted by molar-refractivity contribution is 9.10. The summed E-state index contributed by atoms with van der Waals surface area (Å²) >= 11 is 3.32. The fraction of sp³-hybridized carbons (Fsp3) is 0.0952. The van der Waals surface area contributed by atoms with Gasteiger partial charge in [-0.1, -0.05) is 30.3 Å². The van der Waals surface area contributed by atoms with Crippen LogP contribution in [0, 0.1) is 0 Å². The number of rotatable bonds is 5. The fourth-order valence-electron chi connectivity index (χ4n) is 2.38. The molecule has 0 aliphatic carbocycles. The minimum absolute atomic E-state index is 0.142. The average Bonchev–Trinajstić information content (AvgIpc) is 2.69. The van der Waals surface area contributed by atoms with Gasteiger partial charge in [-0.05, 0) is 64.0 Å². The maximum Gasteiger partial charge on any atom is 0.416 e. The van der Waals surface area contributed by atoms with Crippen molar-refractivity contribution in [2.45, 2.75) is 12.8 Å². The topological polar surface area (TPSA) is 47.6 Å². The van der Waals surface area contributed by atoms with E-state index in [9.17, 15) is 18.0 Å². The maximum atomic E-state index is 12.6. The van der Waals surface area contributed by atoms with Crippen LogP contribution in [0.3, 0.4) is 0 Å². The molecule has 3 aromatic carbocycles. The zero-order chi connectivity index (χ0) is 20.9. The summed E-state index contributed by atoms with van der Waals surface area (Å²) in [6.07, 6.45) is -5.01. The molecule has 0 atom stereocenters. The van der Waals surface area contributed by atoms with Crippen LogP contribution in [0.4, 0.5) is 23.7 Å². The lowest BCUT2D eigenvalue weighted by Crippen LogP contribution is -2.13. The molecule has 0 aliphatic heterocycles. The van der Waals surface area contributed by atoms with Crippen LogP contribution < -0.4 is 10.1 Å². The third-order valence-electron chi connectivity index (χ3n) is 3.80. The highest BCUT2D eigenvalue weighted by Crippen LogP contribution is 2.34. The Hall–Kier alpha value is -3.00. The highest BCUT2D eigenvalue weighted by atomic mass is 79.9. The van der Waals surface area contributed by atoms with Gasteiger partial charge in [-0.2, -0.15) is 13.2 Å². The van der Waals surface area contributed by atoms with Crippen LogP contribution in [0.5, 0.6) is 11.5 Å². The van der Waals surface area contributed by atoms with E-state index in [4.69, 9.17) is 9.47 Å². The third-order valence-corrected chi connectivity index (χ3v) is 4.42. The number of carbonyl (C=O) groups excluding carboxylic acids is 1. The first-order chi connectivity index (χ1) is 13.8. The van der Waals surface area contributed by atoms with Crippen molar-refractivity contribution < 1.29 is 27.4 Å². The Morgan fingerprint density at radius 3 is 2.28 bits per heavy atom. The molecular formula is C21H15BrF3NO3. The average molecular weight is 466 g/mol. The van der Waals surface area contributed by atoms with Crippen molar-refractivity contribution in [3.8, 4) is 11.5 Å². The van der Waals surface area contributed by atoms with E-state index < -0.39 is 17.8 Å². The summed E-state index contributed by atoms with van der Waals surface area (Å²) in [6, 6.07) is 18.4. The number of ether oxygens (including phenoxy) is 2. The van der Waals surface area contributed by atoms with Crippen LogP contribution in [-0.2, 0) is 17.5 Å². The Morgan fingerprint density at radius 1 is 0.966 bits per heavy atom. The molecule has 3 rings (SSSR count). The molecule has 3 aromatic rings. The molecule has 0 radical (unpaired) electrons. The molecule has 8 heteroatoms. The summed E-state index contributed by atoms with van der Waals surface area (Å²) in [5, 5.41) is 2.60. The van der Waals surface area contributed by atoms with E-state index >= 15 is 0 Å². The predicted molar refractivity (Wildman–Crippen MR) is 106 cm³/mol. The molecule has 0 heterocycles. The Labute approximate surface area is 173 Å². The number of amides is 1. The fourth-order valence-corrected chi connectivity index (χ4v) is 2.84. The molecule has 1 N–H and O–H groups in total. The molecule has 0 unspecified atom stereocenters. The number of hydrogen-bond acceptors (Lipinski definition) is 3. The number of alkyl halides is 3. The summed E-state index contributed by atoms with van der Waals surface area (Å²) in [5.74, 6) is 0.634. The van der Waals surface area contributed by atoms with Gasteiger partial charge in [0.1, 0.15) is 18.1 Å². The molecule has 150 valence electrons. The quantitative estimate of drug-likeness (QED) is 0.440. The van der Waals surface area contributed by atoms with Crippen LogP contribution in [0.15, 0.2) is 77.3 Å². The first-order valence-corrected chi connectivity index (χ1v) is 9.23. The first kappa shape index (κ1) is 20.7. The van der Waals surface area contributed by atoms with Crippen molar-refractivity contribution in [3.05, 3.63) is 88.4 Å². The molecule has 0 bridgehead atoms. The Balaban J connectivity index is 1.59. The number of carbonyl (C=O) groups is 1. The maximum absolute atomic E-state index is 12.6. The first-order valence-electron chi connectivity index (χ1n) is 8.43. The molecule has 4 nitrogen and oxygen atoms in total. The van der Waals surface area contributed by atoms with Crippen LogP contribution >= 0.6 is 15.9 Å². The largest absolute Gasteiger partial charge is 0.456 e. The van der Waals surface area contributed by atoms with Crippen molar-refractivity contribution in [2.75, 3.05) is 5.32 Å². The number of nitrogens with one attached hydrogen (secondary N) is 1. The Kier molecular flexibility index (Phi) is 6.43. The van der Waals surface area contributed by atoms with Gasteiger partial charge in [0.05, 0.1) is 10.0 Å². The zero-order valence-electron chi connectivity index (χ0n) is 14.9. The molecular weight excluding hydrogens is 451 g/mol. The molecule has 0 fully saturated rings. The standard InChI is InChI=1S/C21H15BrF3NO3/c22-18-12-16(26-20(27)28-13-14-4-2-1-3-5-14)8-11-19(18)29-17-9-6-15(7-10-17)21(23,24)25/h1-12H,13H2,(H,26,27). The monoisotopic (exact) mass is 465 g/mol. The zero-order valence-corrected chi connectivity index (χ0v) is 16.5. The normalized spacial score (nSPS) is 11.0. The van der Waals surface area contributed by atoms with Crippen LogP contribution in [0.2, 0.25) is 0 Å². The summed E-state index contributed by atoms with van der Waals surface area (Å²) in [7, 11) is 0. The van der Waals surface area contributed by atoms with E-state index in [1.165, 1.54) is 12.1 Å².